The van der Waals surface area contributed by atoms with Crippen molar-refractivity contribution in [3.05, 3.63) is 53.6 Å². The van der Waals surface area contributed by atoms with Crippen LogP contribution in [-0.4, -0.2) is 38.7 Å². The van der Waals surface area contributed by atoms with Crippen molar-refractivity contribution in [2.24, 2.45) is 0 Å². The van der Waals surface area contributed by atoms with Gasteiger partial charge in [-0.3, -0.25) is 4.79 Å². The second-order valence-electron chi connectivity index (χ2n) is 6.54. The van der Waals surface area contributed by atoms with E-state index in [1.54, 1.807) is 6.07 Å². The number of carbonyl (C=O) groups excluding carboxylic acids is 2. The number of hydrogen-bond donors (Lipinski definition) is 0. The molecule has 0 saturated carbocycles. The summed E-state index contributed by atoms with van der Waals surface area (Å²) in [5.41, 5.74) is 3.33. The van der Waals surface area contributed by atoms with Gasteiger partial charge in [-0.25, -0.2) is 4.79 Å². The van der Waals surface area contributed by atoms with Crippen molar-refractivity contribution in [2.75, 3.05) is 31.8 Å². The van der Waals surface area contributed by atoms with E-state index in [1.165, 1.54) is 7.11 Å². The molecule has 0 aliphatic carbocycles. The quantitative estimate of drug-likeness (QED) is 0.500. The predicted octanol–water partition coefficient (Wildman–Crippen LogP) is 3.93. The lowest BCUT2D eigenvalue weighted by Crippen LogP contribution is -2.26. The maximum atomic E-state index is 13.0. The maximum absolute atomic E-state index is 13.0. The molecule has 0 aromatic heterocycles. The predicted molar refractivity (Wildman–Crippen MR) is 112 cm³/mol. The van der Waals surface area contributed by atoms with E-state index in [-0.39, 0.29) is 12.5 Å². The zero-order valence-electron chi connectivity index (χ0n) is 16.9. The molecule has 0 fully saturated rings. The van der Waals surface area contributed by atoms with Crippen LogP contribution >= 0.6 is 0 Å². The molecule has 0 saturated heterocycles. The molecule has 0 N–H and O–H groups in total. The highest BCUT2D eigenvalue weighted by atomic mass is 16.6. The van der Waals surface area contributed by atoms with Crippen LogP contribution in [-0.2, 0) is 14.3 Å². The average Bonchev–Trinajstić information content (AvgIpc) is 2.99. The Balaban J connectivity index is 1.94. The molecule has 0 radical (unpaired) electrons. The maximum Gasteiger partial charge on any atom is 0.343 e. The van der Waals surface area contributed by atoms with E-state index in [0.29, 0.717) is 30.2 Å². The number of amides is 1. The van der Waals surface area contributed by atoms with E-state index in [2.05, 4.69) is 11.7 Å². The Bertz CT molecular complexity index is 935. The van der Waals surface area contributed by atoms with Gasteiger partial charge >= 0.3 is 5.97 Å². The molecule has 1 heterocycles. The molecule has 6 nitrogen and oxygen atoms in total. The summed E-state index contributed by atoms with van der Waals surface area (Å²) < 4.78 is 15.8. The van der Waals surface area contributed by atoms with Crippen LogP contribution in [0.1, 0.15) is 31.4 Å². The summed E-state index contributed by atoms with van der Waals surface area (Å²) in [6.07, 6.45) is 2.75. The zero-order valence-corrected chi connectivity index (χ0v) is 16.9. The Labute approximate surface area is 170 Å². The normalized spacial score (nSPS) is 14.1. The summed E-state index contributed by atoms with van der Waals surface area (Å²) in [4.78, 5) is 26.2. The summed E-state index contributed by atoms with van der Waals surface area (Å²) in [6, 6.07) is 13.2. The van der Waals surface area contributed by atoms with Crippen LogP contribution in [0.4, 0.5) is 5.69 Å². The molecule has 0 unspecified atom stereocenters. The van der Waals surface area contributed by atoms with Crippen molar-refractivity contribution in [1.82, 2.24) is 0 Å². The van der Waals surface area contributed by atoms with Crippen LogP contribution < -0.4 is 14.4 Å². The molecule has 3 rings (SSSR count). The van der Waals surface area contributed by atoms with E-state index in [9.17, 15) is 9.59 Å². The summed E-state index contributed by atoms with van der Waals surface area (Å²) >= 11 is 0. The summed E-state index contributed by atoms with van der Waals surface area (Å²) in [5.74, 6) is 0.486. The Hall–Kier alpha value is -3.28. The first-order chi connectivity index (χ1) is 14.1. The van der Waals surface area contributed by atoms with Gasteiger partial charge in [0, 0.05) is 17.7 Å². The minimum Gasteiger partial charge on any atom is -0.490 e. The molecule has 1 amide bonds. The molecule has 29 heavy (non-hydrogen) atoms. The highest BCUT2D eigenvalue weighted by Gasteiger charge is 2.31. The van der Waals surface area contributed by atoms with Gasteiger partial charge in [-0.05, 0) is 43.2 Å². The average molecular weight is 395 g/mol. The lowest BCUT2D eigenvalue weighted by molar-refractivity contribution is -0.142. The number of rotatable bonds is 8. The number of hydrogen-bond acceptors (Lipinski definition) is 5. The molecular formula is C23H25NO5. The topological polar surface area (TPSA) is 65.1 Å². The van der Waals surface area contributed by atoms with Crippen LogP contribution in [0.3, 0.4) is 0 Å². The van der Waals surface area contributed by atoms with Crippen molar-refractivity contribution in [2.45, 2.75) is 20.3 Å². The van der Waals surface area contributed by atoms with Gasteiger partial charge in [0.25, 0.3) is 5.91 Å². The minimum atomic E-state index is -0.470. The van der Waals surface area contributed by atoms with Crippen LogP contribution in [0, 0.1) is 0 Å². The number of fused-ring (bicyclic) bond motifs is 1. The van der Waals surface area contributed by atoms with E-state index in [1.807, 2.05) is 54.3 Å². The van der Waals surface area contributed by atoms with Gasteiger partial charge in [-0.2, -0.15) is 0 Å². The fourth-order valence-corrected chi connectivity index (χ4v) is 3.26. The molecular weight excluding hydrogens is 370 g/mol. The first-order valence-electron chi connectivity index (χ1n) is 9.68. The Morgan fingerprint density at radius 2 is 1.86 bits per heavy atom. The molecule has 0 spiro atoms. The van der Waals surface area contributed by atoms with Crippen LogP contribution in [0.5, 0.6) is 11.5 Å². The van der Waals surface area contributed by atoms with Crippen molar-refractivity contribution < 1.29 is 23.8 Å². The highest BCUT2D eigenvalue weighted by Crippen LogP contribution is 2.38. The molecule has 2 aromatic rings. The van der Waals surface area contributed by atoms with Gasteiger partial charge < -0.3 is 19.1 Å². The van der Waals surface area contributed by atoms with Gasteiger partial charge in [0.1, 0.15) is 0 Å². The third-order valence-corrected chi connectivity index (χ3v) is 4.56. The summed E-state index contributed by atoms with van der Waals surface area (Å²) in [6.45, 7) is 4.85. The molecule has 0 atom stereocenters. The third-order valence-electron chi connectivity index (χ3n) is 4.56. The number of esters is 1. The first-order valence-corrected chi connectivity index (χ1v) is 9.68. The standard InChI is InChI=1S/C23H25NO5/c1-4-12-24-19-9-7-6-8-17(19)18(23(24)26)13-16-10-11-20(21(14-16)28-5-2)29-15-22(25)27-3/h6-11,13-14H,4-5,12,15H2,1-3H3/b18-13-. The SMILES string of the molecule is CCCN1C(=O)/C(=C\c2ccc(OCC(=O)OC)c(OCC)c2)c2ccccc21. The molecule has 1 aliphatic heterocycles. The van der Waals surface area contributed by atoms with E-state index >= 15 is 0 Å². The molecule has 152 valence electrons. The largest absolute Gasteiger partial charge is 0.490 e. The number of carbonyl (C=O) groups is 2. The second kappa shape index (κ2) is 9.28. The fraction of sp³-hybridized carbons (Fsp3) is 0.304. The van der Waals surface area contributed by atoms with Gasteiger partial charge in [0.2, 0.25) is 0 Å². The van der Waals surface area contributed by atoms with Gasteiger partial charge in [-0.1, -0.05) is 31.2 Å². The van der Waals surface area contributed by atoms with Gasteiger partial charge in [0.15, 0.2) is 18.1 Å². The van der Waals surface area contributed by atoms with E-state index in [0.717, 1.165) is 23.2 Å². The second-order valence-corrected chi connectivity index (χ2v) is 6.54. The number of nitrogens with zero attached hydrogens (tertiary/aromatic N) is 1. The van der Waals surface area contributed by atoms with Crippen molar-refractivity contribution in [3.63, 3.8) is 0 Å². The lowest BCUT2D eigenvalue weighted by atomic mass is 10.0. The third kappa shape index (κ3) is 4.42. The number of ether oxygens (including phenoxy) is 3. The fourth-order valence-electron chi connectivity index (χ4n) is 3.26. The number of anilines is 1. The molecule has 6 heteroatoms. The Morgan fingerprint density at radius 1 is 1.07 bits per heavy atom. The van der Waals surface area contributed by atoms with Crippen molar-refractivity contribution in [1.29, 1.82) is 0 Å². The van der Waals surface area contributed by atoms with Crippen LogP contribution in [0.25, 0.3) is 11.6 Å². The lowest BCUT2D eigenvalue weighted by Gasteiger charge is -2.15. The van der Waals surface area contributed by atoms with E-state index in [4.69, 9.17) is 9.47 Å². The minimum absolute atomic E-state index is 0.00275. The first kappa shape index (κ1) is 20.5. The zero-order chi connectivity index (χ0) is 20.8. The monoisotopic (exact) mass is 395 g/mol. The molecule has 1 aliphatic rings. The highest BCUT2D eigenvalue weighted by molar-refractivity contribution is 6.35. The van der Waals surface area contributed by atoms with Crippen molar-refractivity contribution in [3.8, 4) is 11.5 Å². The Morgan fingerprint density at radius 3 is 2.59 bits per heavy atom. The molecule has 2 aromatic carbocycles. The summed E-state index contributed by atoms with van der Waals surface area (Å²) in [7, 11) is 1.31. The molecule has 0 bridgehead atoms. The number of para-hydroxylation sites is 1. The number of methoxy groups -OCH3 is 1. The Kier molecular flexibility index (Phi) is 6.54. The summed E-state index contributed by atoms with van der Waals surface area (Å²) in [5, 5.41) is 0. The van der Waals surface area contributed by atoms with Crippen LogP contribution in [0.15, 0.2) is 42.5 Å². The van der Waals surface area contributed by atoms with Gasteiger partial charge in [-0.15, -0.1) is 0 Å². The van der Waals surface area contributed by atoms with E-state index < -0.39 is 5.97 Å². The number of benzene rings is 2. The van der Waals surface area contributed by atoms with Crippen LogP contribution in [0.2, 0.25) is 0 Å². The smallest absolute Gasteiger partial charge is 0.343 e. The van der Waals surface area contributed by atoms with Crippen molar-refractivity contribution >= 4 is 29.2 Å². The van der Waals surface area contributed by atoms with Gasteiger partial charge in [0.05, 0.1) is 19.4 Å².